The molecule has 1 fully saturated rings. The second-order valence-corrected chi connectivity index (χ2v) is 8.15. The first-order valence-corrected chi connectivity index (χ1v) is 10.8. The van der Waals surface area contributed by atoms with Crippen LogP contribution in [-0.4, -0.2) is 40.8 Å². The van der Waals surface area contributed by atoms with Crippen LogP contribution in [0.2, 0.25) is 0 Å². The molecule has 2 aromatic rings. The van der Waals surface area contributed by atoms with Gasteiger partial charge in [-0.05, 0) is 45.2 Å². The van der Waals surface area contributed by atoms with Crippen LogP contribution < -0.4 is 5.32 Å². The molecule has 0 spiro atoms. The summed E-state index contributed by atoms with van der Waals surface area (Å²) in [7, 11) is 0. The Morgan fingerprint density at radius 1 is 1.19 bits per heavy atom. The molecule has 2 aromatic heterocycles. The van der Waals surface area contributed by atoms with Gasteiger partial charge < -0.3 is 14.8 Å². The Morgan fingerprint density at radius 3 is 2.38 bits per heavy atom. The molecular weight excluding hydrogens is 451 g/mol. The zero-order valence-corrected chi connectivity index (χ0v) is 18.5. The van der Waals surface area contributed by atoms with Crippen LogP contribution in [0.4, 0.5) is 18.2 Å². The number of rotatable bonds is 8. The van der Waals surface area contributed by atoms with Gasteiger partial charge in [-0.25, -0.2) is 9.59 Å². The minimum Gasteiger partial charge on any atom is -0.462 e. The summed E-state index contributed by atoms with van der Waals surface area (Å²) in [5, 5.41) is 6.14. The zero-order chi connectivity index (χ0) is 23.6. The topological polar surface area (TPSA) is 99.5 Å². The first-order valence-electron chi connectivity index (χ1n) is 9.99. The van der Waals surface area contributed by atoms with Crippen molar-refractivity contribution in [2.75, 3.05) is 18.5 Å². The van der Waals surface area contributed by atoms with E-state index in [1.807, 2.05) is 0 Å². The molecule has 8 nitrogen and oxygen atoms in total. The lowest BCUT2D eigenvalue weighted by Crippen LogP contribution is -2.22. The third-order valence-electron chi connectivity index (χ3n) is 4.73. The van der Waals surface area contributed by atoms with E-state index in [-0.39, 0.29) is 34.6 Å². The van der Waals surface area contributed by atoms with Crippen LogP contribution in [0, 0.1) is 6.92 Å². The molecule has 0 radical (unpaired) electrons. The quantitative estimate of drug-likeness (QED) is 0.579. The van der Waals surface area contributed by atoms with E-state index in [2.05, 4.69) is 10.4 Å². The Hall–Kier alpha value is -2.89. The van der Waals surface area contributed by atoms with Gasteiger partial charge in [-0.15, -0.1) is 11.3 Å². The molecule has 3 rings (SSSR count). The molecule has 32 heavy (non-hydrogen) atoms. The van der Waals surface area contributed by atoms with E-state index in [0.29, 0.717) is 11.3 Å². The molecule has 1 saturated carbocycles. The van der Waals surface area contributed by atoms with Crippen LogP contribution in [0.5, 0.6) is 0 Å². The Kier molecular flexibility index (Phi) is 6.91. The summed E-state index contributed by atoms with van der Waals surface area (Å²) in [6, 6.07) is 0.961. The SMILES string of the molecule is CCOC(=O)c1sc(NC(=O)Cn2nc(C(F)(F)F)cc2C2CC2)c(C(=O)OCC)c1C. The molecule has 1 N–H and O–H groups in total. The van der Waals surface area contributed by atoms with Crippen LogP contribution in [0.15, 0.2) is 6.07 Å². The van der Waals surface area contributed by atoms with E-state index in [4.69, 9.17) is 9.47 Å². The predicted octanol–water partition coefficient (Wildman–Crippen LogP) is 4.14. The summed E-state index contributed by atoms with van der Waals surface area (Å²) >= 11 is 0.843. The number of hydrogen-bond donors (Lipinski definition) is 1. The first-order chi connectivity index (χ1) is 15.1. The maximum atomic E-state index is 13.1. The van der Waals surface area contributed by atoms with Crippen molar-refractivity contribution >= 4 is 34.2 Å². The van der Waals surface area contributed by atoms with E-state index in [1.165, 1.54) is 6.92 Å². The van der Waals surface area contributed by atoms with Gasteiger partial charge in [-0.1, -0.05) is 0 Å². The van der Waals surface area contributed by atoms with Crippen molar-refractivity contribution < 1.29 is 37.0 Å². The fourth-order valence-corrected chi connectivity index (χ4v) is 4.25. The van der Waals surface area contributed by atoms with Gasteiger partial charge in [0.05, 0.1) is 18.8 Å². The summed E-state index contributed by atoms with van der Waals surface area (Å²) in [5.41, 5.74) is -0.421. The van der Waals surface area contributed by atoms with Crippen molar-refractivity contribution in [2.24, 2.45) is 0 Å². The summed E-state index contributed by atoms with van der Waals surface area (Å²) < 4.78 is 50.3. The van der Waals surface area contributed by atoms with Crippen LogP contribution in [-0.2, 0) is 27.0 Å². The molecule has 0 unspecified atom stereocenters. The lowest BCUT2D eigenvalue weighted by atomic mass is 10.1. The van der Waals surface area contributed by atoms with E-state index in [1.54, 1.807) is 13.8 Å². The third kappa shape index (κ3) is 5.12. The van der Waals surface area contributed by atoms with Gasteiger partial charge in [-0.3, -0.25) is 9.48 Å². The molecule has 12 heteroatoms. The standard InChI is InChI=1S/C20H22F3N3O5S/c1-4-30-18(28)15-10(3)16(19(29)31-5-2)32-17(15)24-14(27)9-26-12(11-6-7-11)8-13(25-26)20(21,22)23/h8,11H,4-7,9H2,1-3H3,(H,24,27). The highest BCUT2D eigenvalue weighted by atomic mass is 32.1. The van der Waals surface area contributed by atoms with Crippen LogP contribution >= 0.6 is 11.3 Å². The second-order valence-electron chi connectivity index (χ2n) is 7.13. The average molecular weight is 473 g/mol. The molecule has 2 heterocycles. The number of ether oxygens (including phenoxy) is 2. The molecule has 0 aromatic carbocycles. The lowest BCUT2D eigenvalue weighted by Gasteiger charge is -2.09. The first kappa shape index (κ1) is 23.8. The smallest absolute Gasteiger partial charge is 0.435 e. The van der Waals surface area contributed by atoms with Gasteiger partial charge in [0.15, 0.2) is 5.69 Å². The molecule has 174 valence electrons. The fraction of sp³-hybridized carbons (Fsp3) is 0.500. The normalized spacial score (nSPS) is 13.7. The Balaban J connectivity index is 1.87. The molecule has 1 amide bonds. The molecule has 1 aliphatic carbocycles. The van der Waals surface area contributed by atoms with Crippen molar-refractivity contribution in [1.82, 2.24) is 9.78 Å². The van der Waals surface area contributed by atoms with Gasteiger partial charge in [0, 0.05) is 11.6 Å². The number of esters is 2. The van der Waals surface area contributed by atoms with E-state index in [9.17, 15) is 27.6 Å². The van der Waals surface area contributed by atoms with Crippen molar-refractivity contribution in [3.8, 4) is 0 Å². The number of alkyl halides is 3. The molecule has 0 saturated heterocycles. The minimum atomic E-state index is -4.62. The van der Waals surface area contributed by atoms with Crippen molar-refractivity contribution in [1.29, 1.82) is 0 Å². The molecule has 1 aliphatic rings. The average Bonchev–Trinajstić information content (AvgIpc) is 3.36. The fourth-order valence-electron chi connectivity index (χ4n) is 3.15. The third-order valence-corrected chi connectivity index (χ3v) is 5.92. The summed E-state index contributed by atoms with van der Waals surface area (Å²) in [4.78, 5) is 37.4. The zero-order valence-electron chi connectivity index (χ0n) is 17.7. The van der Waals surface area contributed by atoms with E-state index in [0.717, 1.165) is 34.9 Å². The van der Waals surface area contributed by atoms with Gasteiger partial charge in [0.1, 0.15) is 16.4 Å². The van der Waals surface area contributed by atoms with Crippen LogP contribution in [0.25, 0.3) is 0 Å². The number of nitrogens with zero attached hydrogens (tertiary/aromatic N) is 2. The summed E-state index contributed by atoms with van der Waals surface area (Å²) in [6.45, 7) is 4.49. The summed E-state index contributed by atoms with van der Waals surface area (Å²) in [6.07, 6.45) is -3.17. The lowest BCUT2D eigenvalue weighted by molar-refractivity contribution is -0.141. The number of anilines is 1. The second kappa shape index (κ2) is 9.31. The number of nitrogens with one attached hydrogen (secondary N) is 1. The maximum Gasteiger partial charge on any atom is 0.435 e. The highest BCUT2D eigenvalue weighted by Crippen LogP contribution is 2.42. The monoisotopic (exact) mass is 473 g/mol. The van der Waals surface area contributed by atoms with Crippen molar-refractivity contribution in [2.45, 2.75) is 52.3 Å². The van der Waals surface area contributed by atoms with Crippen LogP contribution in [0.3, 0.4) is 0 Å². The highest BCUT2D eigenvalue weighted by Gasteiger charge is 2.38. The van der Waals surface area contributed by atoms with E-state index < -0.39 is 36.3 Å². The van der Waals surface area contributed by atoms with Crippen LogP contribution in [0.1, 0.15) is 69.6 Å². The van der Waals surface area contributed by atoms with Crippen molar-refractivity contribution in [3.05, 3.63) is 33.5 Å². The van der Waals surface area contributed by atoms with Gasteiger partial charge >= 0.3 is 18.1 Å². The Labute approximate surface area is 185 Å². The maximum absolute atomic E-state index is 13.1. The molecule has 0 aliphatic heterocycles. The van der Waals surface area contributed by atoms with E-state index >= 15 is 0 Å². The molecule has 0 bridgehead atoms. The highest BCUT2D eigenvalue weighted by molar-refractivity contribution is 7.18. The molecular formula is C20H22F3N3O5S. The number of amides is 1. The number of halogens is 3. The van der Waals surface area contributed by atoms with Crippen molar-refractivity contribution in [3.63, 3.8) is 0 Å². The number of aromatic nitrogens is 2. The number of thiophene rings is 1. The summed E-state index contributed by atoms with van der Waals surface area (Å²) in [5.74, 6) is -2.14. The minimum absolute atomic E-state index is 0.00659. The predicted molar refractivity (Wildman–Crippen MR) is 109 cm³/mol. The van der Waals surface area contributed by atoms with Gasteiger partial charge in [0.25, 0.3) is 0 Å². The molecule has 0 atom stereocenters. The largest absolute Gasteiger partial charge is 0.462 e. The van der Waals surface area contributed by atoms with Gasteiger partial charge in [0.2, 0.25) is 5.91 Å². The Morgan fingerprint density at radius 2 is 1.81 bits per heavy atom. The van der Waals surface area contributed by atoms with Gasteiger partial charge in [-0.2, -0.15) is 18.3 Å². The number of hydrogen-bond acceptors (Lipinski definition) is 7. The number of carbonyl (C=O) groups is 3. The Bertz CT molecular complexity index is 1040. The number of carbonyl (C=O) groups excluding carboxylic acids is 3.